The van der Waals surface area contributed by atoms with Gasteiger partial charge in [-0.05, 0) is 18.9 Å². The van der Waals surface area contributed by atoms with E-state index in [1.165, 1.54) is 11.8 Å². The highest BCUT2D eigenvalue weighted by Crippen LogP contribution is 2.18. The van der Waals surface area contributed by atoms with Crippen LogP contribution in [0.4, 0.5) is 10.7 Å². The van der Waals surface area contributed by atoms with Gasteiger partial charge in [0.2, 0.25) is 11.9 Å². The van der Waals surface area contributed by atoms with Crippen molar-refractivity contribution in [3.8, 4) is 0 Å². The molecule has 1 aromatic rings. The number of nitrogens with zero attached hydrogens (tertiary/aromatic N) is 4. The van der Waals surface area contributed by atoms with Crippen LogP contribution in [0, 0.1) is 0 Å². The Kier molecular flexibility index (Phi) is 5.32. The predicted molar refractivity (Wildman–Crippen MR) is 89.5 cm³/mol. The van der Waals surface area contributed by atoms with Crippen LogP contribution in [0.25, 0.3) is 0 Å². The van der Waals surface area contributed by atoms with Crippen molar-refractivity contribution in [2.45, 2.75) is 25.3 Å². The van der Waals surface area contributed by atoms with Gasteiger partial charge in [0.25, 0.3) is 5.24 Å². The second-order valence-electron chi connectivity index (χ2n) is 5.73. The lowest BCUT2D eigenvalue weighted by Gasteiger charge is -2.32. The standard InChI is InChI=1S/C15H21N5O2S/c21-13(4-9-20-10-11-23-15(20)22)18-12-2-7-19(8-3-12)14-16-5-1-6-17-14/h1,5-6,12H,2-4,7-11H2,(H,18,21). The molecule has 0 spiro atoms. The van der Waals surface area contributed by atoms with Crippen molar-refractivity contribution in [2.24, 2.45) is 0 Å². The molecule has 0 atom stereocenters. The van der Waals surface area contributed by atoms with Crippen molar-refractivity contribution in [2.75, 3.05) is 36.8 Å². The van der Waals surface area contributed by atoms with Gasteiger partial charge >= 0.3 is 0 Å². The lowest BCUT2D eigenvalue weighted by molar-refractivity contribution is -0.122. The first-order valence-electron chi connectivity index (χ1n) is 7.95. The van der Waals surface area contributed by atoms with Crippen LogP contribution in [0.15, 0.2) is 18.5 Å². The lowest BCUT2D eigenvalue weighted by atomic mass is 10.1. The van der Waals surface area contributed by atoms with E-state index < -0.39 is 0 Å². The van der Waals surface area contributed by atoms with Crippen molar-refractivity contribution < 1.29 is 9.59 Å². The summed E-state index contributed by atoms with van der Waals surface area (Å²) in [6.45, 7) is 2.97. The maximum atomic E-state index is 12.0. The largest absolute Gasteiger partial charge is 0.353 e. The Bertz CT molecular complexity index is 548. The summed E-state index contributed by atoms with van der Waals surface area (Å²) >= 11 is 1.33. The minimum atomic E-state index is 0.0316. The number of anilines is 1. The fourth-order valence-corrected chi connectivity index (χ4v) is 3.69. The molecule has 2 saturated heterocycles. The van der Waals surface area contributed by atoms with Crippen LogP contribution < -0.4 is 10.2 Å². The van der Waals surface area contributed by atoms with Crippen molar-refractivity contribution >= 4 is 28.9 Å². The molecule has 124 valence electrons. The van der Waals surface area contributed by atoms with Gasteiger partial charge in [-0.3, -0.25) is 9.59 Å². The van der Waals surface area contributed by atoms with Crippen LogP contribution in [0.5, 0.6) is 0 Å². The van der Waals surface area contributed by atoms with E-state index in [0.717, 1.165) is 44.2 Å². The van der Waals surface area contributed by atoms with E-state index in [2.05, 4.69) is 20.2 Å². The number of carbonyl (C=O) groups is 2. The summed E-state index contributed by atoms with van der Waals surface area (Å²) in [6.07, 6.45) is 5.65. The predicted octanol–water partition coefficient (Wildman–Crippen LogP) is 1.12. The Morgan fingerprint density at radius 1 is 1.26 bits per heavy atom. The first-order valence-corrected chi connectivity index (χ1v) is 8.94. The first kappa shape index (κ1) is 16.0. The van der Waals surface area contributed by atoms with Gasteiger partial charge in [0.15, 0.2) is 0 Å². The van der Waals surface area contributed by atoms with Crippen molar-refractivity contribution in [3.63, 3.8) is 0 Å². The van der Waals surface area contributed by atoms with E-state index in [9.17, 15) is 9.59 Å². The second-order valence-corrected chi connectivity index (χ2v) is 6.78. The highest BCUT2D eigenvalue weighted by atomic mass is 32.2. The van der Waals surface area contributed by atoms with Crippen LogP contribution in [0.3, 0.4) is 0 Å². The number of nitrogens with one attached hydrogen (secondary N) is 1. The highest BCUT2D eigenvalue weighted by Gasteiger charge is 2.24. The molecular weight excluding hydrogens is 314 g/mol. The second kappa shape index (κ2) is 7.63. The molecular formula is C15H21N5O2S. The molecule has 1 aromatic heterocycles. The number of carbonyl (C=O) groups excluding carboxylic acids is 2. The number of thioether (sulfide) groups is 1. The Balaban J connectivity index is 1.38. The molecule has 23 heavy (non-hydrogen) atoms. The lowest BCUT2D eigenvalue weighted by Crippen LogP contribution is -2.45. The molecule has 2 fully saturated rings. The van der Waals surface area contributed by atoms with E-state index >= 15 is 0 Å². The van der Waals surface area contributed by atoms with Crippen LogP contribution in [-0.4, -0.2) is 64.0 Å². The molecule has 0 unspecified atom stereocenters. The van der Waals surface area contributed by atoms with E-state index in [-0.39, 0.29) is 17.2 Å². The third-order valence-corrected chi connectivity index (χ3v) is 5.04. The molecule has 0 saturated carbocycles. The topological polar surface area (TPSA) is 78.4 Å². The fraction of sp³-hybridized carbons (Fsp3) is 0.600. The maximum Gasteiger partial charge on any atom is 0.281 e. The average Bonchev–Trinajstić information content (AvgIpc) is 3.00. The van der Waals surface area contributed by atoms with Gasteiger partial charge in [0.05, 0.1) is 0 Å². The Hall–Kier alpha value is -1.83. The van der Waals surface area contributed by atoms with Crippen LogP contribution >= 0.6 is 11.8 Å². The normalized spacial score (nSPS) is 19.2. The fourth-order valence-electron chi connectivity index (χ4n) is 2.84. The molecule has 0 bridgehead atoms. The van der Waals surface area contributed by atoms with Gasteiger partial charge in [-0.2, -0.15) is 0 Å². The zero-order valence-electron chi connectivity index (χ0n) is 13.0. The summed E-state index contributed by atoms with van der Waals surface area (Å²) in [5.74, 6) is 1.62. The number of piperidine rings is 1. The molecule has 3 heterocycles. The van der Waals surface area contributed by atoms with Crippen molar-refractivity contribution in [3.05, 3.63) is 18.5 Å². The van der Waals surface area contributed by atoms with Gasteiger partial charge < -0.3 is 15.1 Å². The summed E-state index contributed by atoms with van der Waals surface area (Å²) in [5, 5.41) is 3.17. The van der Waals surface area contributed by atoms with Gasteiger partial charge in [-0.15, -0.1) is 0 Å². The molecule has 0 aromatic carbocycles. The summed E-state index contributed by atoms with van der Waals surface area (Å²) in [5.41, 5.74) is 0. The number of hydrogen-bond acceptors (Lipinski definition) is 6. The minimum absolute atomic E-state index is 0.0316. The average molecular weight is 335 g/mol. The zero-order valence-corrected chi connectivity index (χ0v) is 13.8. The number of aromatic nitrogens is 2. The van der Waals surface area contributed by atoms with E-state index in [0.29, 0.717) is 13.0 Å². The quantitative estimate of drug-likeness (QED) is 0.869. The smallest absolute Gasteiger partial charge is 0.281 e. The summed E-state index contributed by atoms with van der Waals surface area (Å²) < 4.78 is 0. The van der Waals surface area contributed by atoms with Gasteiger partial charge in [0, 0.05) is 56.8 Å². The van der Waals surface area contributed by atoms with Gasteiger partial charge in [-0.25, -0.2) is 9.97 Å². The summed E-state index contributed by atoms with van der Waals surface area (Å²) in [6, 6.07) is 2.01. The first-order chi connectivity index (χ1) is 11.2. The molecule has 8 heteroatoms. The van der Waals surface area contributed by atoms with Gasteiger partial charge in [0.1, 0.15) is 0 Å². The third kappa shape index (κ3) is 4.34. The molecule has 2 aliphatic heterocycles. The SMILES string of the molecule is O=C(CCN1CCSC1=O)NC1CCN(c2ncccn2)CC1. The molecule has 7 nitrogen and oxygen atoms in total. The monoisotopic (exact) mass is 335 g/mol. The van der Waals surface area contributed by atoms with Crippen LogP contribution in [0.2, 0.25) is 0 Å². The molecule has 3 rings (SSSR count). The van der Waals surface area contributed by atoms with Gasteiger partial charge in [-0.1, -0.05) is 11.8 Å². The number of amides is 2. The van der Waals surface area contributed by atoms with Crippen molar-refractivity contribution in [1.29, 1.82) is 0 Å². The van der Waals surface area contributed by atoms with Crippen LogP contribution in [0.1, 0.15) is 19.3 Å². The number of rotatable bonds is 5. The molecule has 0 radical (unpaired) electrons. The Labute approximate surface area is 139 Å². The van der Waals surface area contributed by atoms with E-state index in [1.807, 2.05) is 0 Å². The highest BCUT2D eigenvalue weighted by molar-refractivity contribution is 8.13. The van der Waals surface area contributed by atoms with E-state index in [4.69, 9.17) is 0 Å². The molecule has 0 aliphatic carbocycles. The van der Waals surface area contributed by atoms with E-state index in [1.54, 1.807) is 23.4 Å². The Morgan fingerprint density at radius 2 is 2.00 bits per heavy atom. The van der Waals surface area contributed by atoms with Crippen molar-refractivity contribution in [1.82, 2.24) is 20.2 Å². The summed E-state index contributed by atoms with van der Waals surface area (Å²) in [4.78, 5) is 35.9. The number of hydrogen-bond donors (Lipinski definition) is 1. The Morgan fingerprint density at radius 3 is 2.65 bits per heavy atom. The minimum Gasteiger partial charge on any atom is -0.353 e. The molecule has 1 N–H and O–H groups in total. The molecule has 2 amide bonds. The molecule has 2 aliphatic rings. The van der Waals surface area contributed by atoms with Crippen LogP contribution in [-0.2, 0) is 4.79 Å². The summed E-state index contributed by atoms with van der Waals surface area (Å²) in [7, 11) is 0. The maximum absolute atomic E-state index is 12.0. The zero-order chi connectivity index (χ0) is 16.1. The third-order valence-electron chi connectivity index (χ3n) is 4.15.